The van der Waals surface area contributed by atoms with E-state index in [0.717, 1.165) is 64.2 Å². The van der Waals surface area contributed by atoms with E-state index in [-0.39, 0.29) is 12.8 Å². The number of aliphatic hydroxyl groups is 11. The fraction of sp³-hybridized carbons (Fsp3) is 0.929. The smallest absolute Gasteiger partial charge is 0.462 e. The Bertz CT molecular complexity index is 1640. The molecule has 80 heavy (non-hydrogen) atoms. The Hall–Kier alpha value is -1.81. The monoisotopic (exact) mass is 1170 g/mol. The van der Waals surface area contributed by atoms with Crippen molar-refractivity contribution in [3.63, 3.8) is 0 Å². The third-order valence-electron chi connectivity index (χ3n) is 15.1. The molecule has 24 heteroatoms. The second-order valence-corrected chi connectivity index (χ2v) is 23.3. The van der Waals surface area contributed by atoms with Crippen LogP contribution in [0.5, 0.6) is 0 Å². The molecule has 16 unspecified atom stereocenters. The van der Waals surface area contributed by atoms with Gasteiger partial charge in [-0.05, 0) is 38.5 Å². The van der Waals surface area contributed by atoms with Crippen LogP contribution >= 0.6 is 7.82 Å². The second-order valence-electron chi connectivity index (χ2n) is 21.9. The minimum absolute atomic E-state index is 0.0302. The van der Waals surface area contributed by atoms with Crippen LogP contribution in [-0.4, -0.2) is 204 Å². The predicted octanol–water partition coefficient (Wildman–Crippen LogP) is 4.32. The first-order chi connectivity index (χ1) is 38.4. The molecule has 1 saturated carbocycles. The molecule has 3 fully saturated rings. The maximum Gasteiger partial charge on any atom is 0.472 e. The summed E-state index contributed by atoms with van der Waals surface area (Å²) in [5.41, 5.74) is 0. The molecule has 0 aromatic rings. The highest BCUT2D eigenvalue weighted by atomic mass is 31.2. The van der Waals surface area contributed by atoms with Crippen molar-refractivity contribution in [1.82, 2.24) is 0 Å². The summed E-state index contributed by atoms with van der Waals surface area (Å²) in [4.78, 5) is 37.5. The highest BCUT2D eigenvalue weighted by molar-refractivity contribution is 7.47. The summed E-state index contributed by atoms with van der Waals surface area (Å²) in [7, 11) is -5.64. The second kappa shape index (κ2) is 41.3. The Balaban J connectivity index is 1.70. The quantitative estimate of drug-likeness (QED) is 0.0175. The number of unbranched alkanes of at least 4 members (excludes halogenated alkanes) is 24. The molecule has 0 bridgehead atoms. The lowest BCUT2D eigenvalue weighted by Gasteiger charge is -2.49. The van der Waals surface area contributed by atoms with Crippen molar-refractivity contribution in [2.75, 3.05) is 26.4 Å². The number of rotatable bonds is 44. The van der Waals surface area contributed by atoms with Crippen LogP contribution in [0, 0.1) is 0 Å². The van der Waals surface area contributed by atoms with Crippen molar-refractivity contribution in [2.45, 2.75) is 304 Å². The Labute approximate surface area is 473 Å². The van der Waals surface area contributed by atoms with Crippen LogP contribution in [-0.2, 0) is 51.6 Å². The Morgan fingerprint density at radius 2 is 0.825 bits per heavy atom. The molecule has 2 aliphatic heterocycles. The SMILES string of the molecule is CCCCCCCCCC=CCCCCCC(=O)OCC(COP(=O)(O)OC1C(OC2OC(CO)C(O)C(O)C2O)C(O)C(O)C(O)C1OC1OC(CO)C(O)C(O)C1O)OC(=O)CCCCCCCCCCCCCCCCC. The number of phosphoric acid groups is 1. The number of allylic oxidation sites excluding steroid dienone is 2. The van der Waals surface area contributed by atoms with Gasteiger partial charge in [0, 0.05) is 12.8 Å². The molecule has 16 atom stereocenters. The zero-order chi connectivity index (χ0) is 58.9. The Morgan fingerprint density at radius 3 is 1.24 bits per heavy atom. The molecule has 470 valence electrons. The topological polar surface area (TPSA) is 368 Å². The molecule has 0 spiro atoms. The summed E-state index contributed by atoms with van der Waals surface area (Å²) >= 11 is 0. The van der Waals surface area contributed by atoms with Crippen LogP contribution in [0.1, 0.15) is 200 Å². The molecule has 0 radical (unpaired) electrons. The molecule has 2 saturated heterocycles. The van der Waals surface area contributed by atoms with Crippen LogP contribution in [0.4, 0.5) is 0 Å². The summed E-state index contributed by atoms with van der Waals surface area (Å²) in [6.07, 6.45) is -0.936. The fourth-order valence-corrected chi connectivity index (χ4v) is 11.0. The molecule has 3 aliphatic rings. The third-order valence-corrected chi connectivity index (χ3v) is 16.1. The largest absolute Gasteiger partial charge is 0.472 e. The van der Waals surface area contributed by atoms with Crippen molar-refractivity contribution in [2.24, 2.45) is 0 Å². The van der Waals surface area contributed by atoms with Gasteiger partial charge in [-0.1, -0.05) is 161 Å². The van der Waals surface area contributed by atoms with Crippen LogP contribution < -0.4 is 0 Å². The molecule has 1 aliphatic carbocycles. The minimum Gasteiger partial charge on any atom is -0.462 e. The van der Waals surface area contributed by atoms with Crippen LogP contribution in [0.15, 0.2) is 12.2 Å². The third kappa shape index (κ3) is 26.6. The van der Waals surface area contributed by atoms with Gasteiger partial charge >= 0.3 is 19.8 Å². The standard InChI is InChI=1S/C56H103O23P/c1-3-5-7-9-11-13-15-17-19-21-23-25-27-29-31-33-42(60)74-38(36-72-41(59)32-30-28-26-24-22-20-18-16-14-12-10-8-6-4-2)37-73-80(70,71)79-54-52(77-55-50(68)45(63)43(61)39(34-57)75-55)48(66)47(65)49(67)53(54)78-56-51(69)46(64)44(62)40(35-58)76-56/h20,22,38-40,43-58,61-69H,3-19,21,23-37H2,1-2H3,(H,70,71). The van der Waals surface area contributed by atoms with Crippen molar-refractivity contribution < 1.29 is 113 Å². The number of phosphoric ester groups is 1. The molecule has 0 amide bonds. The molecule has 23 nitrogen and oxygen atoms in total. The Kier molecular flexibility index (Phi) is 37.4. The van der Waals surface area contributed by atoms with E-state index < -0.39 is 150 Å². The molecular weight excluding hydrogens is 1070 g/mol. The van der Waals surface area contributed by atoms with E-state index in [4.69, 9.17) is 37.5 Å². The lowest BCUT2D eigenvalue weighted by Crippen LogP contribution is -2.69. The van der Waals surface area contributed by atoms with Gasteiger partial charge in [0.2, 0.25) is 0 Å². The van der Waals surface area contributed by atoms with Crippen molar-refractivity contribution in [3.8, 4) is 0 Å². The van der Waals surface area contributed by atoms with E-state index in [1.807, 2.05) is 0 Å². The lowest BCUT2D eigenvalue weighted by molar-refractivity contribution is -0.360. The van der Waals surface area contributed by atoms with Gasteiger partial charge in [-0.2, -0.15) is 0 Å². The summed E-state index contributed by atoms with van der Waals surface area (Å²) in [5.74, 6) is -1.34. The van der Waals surface area contributed by atoms with Crippen molar-refractivity contribution in [3.05, 3.63) is 12.2 Å². The average molecular weight is 1180 g/mol. The summed E-state index contributed by atoms with van der Waals surface area (Å²) in [5, 5.41) is 117. The normalized spacial score (nSPS) is 31.3. The van der Waals surface area contributed by atoms with Gasteiger partial charge in [0.1, 0.15) is 92.1 Å². The van der Waals surface area contributed by atoms with E-state index >= 15 is 0 Å². The van der Waals surface area contributed by atoms with Gasteiger partial charge in [-0.25, -0.2) is 4.57 Å². The fourth-order valence-electron chi connectivity index (χ4n) is 10.1. The summed E-state index contributed by atoms with van der Waals surface area (Å²) in [6, 6.07) is 0. The van der Waals surface area contributed by atoms with Gasteiger partial charge in [0.25, 0.3) is 0 Å². The highest BCUT2D eigenvalue weighted by Gasteiger charge is 2.58. The zero-order valence-corrected chi connectivity index (χ0v) is 48.5. The van der Waals surface area contributed by atoms with E-state index in [2.05, 4.69) is 26.0 Å². The van der Waals surface area contributed by atoms with Crippen LogP contribution in [0.25, 0.3) is 0 Å². The minimum atomic E-state index is -5.64. The van der Waals surface area contributed by atoms with Gasteiger partial charge in [-0.15, -0.1) is 0 Å². The molecule has 0 aromatic carbocycles. The molecular formula is C56H103O23P. The number of hydrogen-bond donors (Lipinski definition) is 12. The first kappa shape index (κ1) is 72.4. The number of esters is 2. The number of ether oxygens (including phenoxy) is 6. The van der Waals surface area contributed by atoms with E-state index in [1.54, 1.807) is 0 Å². The van der Waals surface area contributed by atoms with Crippen LogP contribution in [0.2, 0.25) is 0 Å². The number of aliphatic hydroxyl groups excluding tert-OH is 11. The van der Waals surface area contributed by atoms with Gasteiger partial charge in [-0.3, -0.25) is 18.6 Å². The number of carbonyl (C=O) groups excluding carboxylic acids is 2. The number of hydrogen-bond acceptors (Lipinski definition) is 22. The number of carbonyl (C=O) groups is 2. The first-order valence-corrected chi connectivity index (χ1v) is 31.5. The van der Waals surface area contributed by atoms with Crippen molar-refractivity contribution >= 4 is 19.8 Å². The first-order valence-electron chi connectivity index (χ1n) is 30.0. The van der Waals surface area contributed by atoms with Gasteiger partial charge < -0.3 is 89.5 Å². The van der Waals surface area contributed by atoms with Gasteiger partial charge in [0.05, 0.1) is 19.8 Å². The maximum absolute atomic E-state index is 14.0. The van der Waals surface area contributed by atoms with Gasteiger partial charge in [0.15, 0.2) is 18.7 Å². The molecule has 12 N–H and O–H groups in total. The zero-order valence-electron chi connectivity index (χ0n) is 47.6. The molecule has 3 rings (SSSR count). The summed E-state index contributed by atoms with van der Waals surface area (Å²) in [6.45, 7) is 1.00. The predicted molar refractivity (Wildman–Crippen MR) is 291 cm³/mol. The highest BCUT2D eigenvalue weighted by Crippen LogP contribution is 2.49. The maximum atomic E-state index is 14.0. The van der Waals surface area contributed by atoms with E-state index in [0.29, 0.717) is 12.8 Å². The average Bonchev–Trinajstić information content (AvgIpc) is 3.52. The molecule has 2 heterocycles. The van der Waals surface area contributed by atoms with Crippen LogP contribution in [0.3, 0.4) is 0 Å². The molecule has 0 aromatic heterocycles. The van der Waals surface area contributed by atoms with E-state index in [1.165, 1.54) is 96.3 Å². The lowest BCUT2D eigenvalue weighted by atomic mass is 9.84. The van der Waals surface area contributed by atoms with Crippen molar-refractivity contribution in [1.29, 1.82) is 0 Å². The Morgan fingerprint density at radius 1 is 0.463 bits per heavy atom. The van der Waals surface area contributed by atoms with E-state index in [9.17, 15) is 75.2 Å². The summed E-state index contributed by atoms with van der Waals surface area (Å²) < 4.78 is 58.1.